The van der Waals surface area contributed by atoms with Crippen LogP contribution in [0.2, 0.25) is 0 Å². The number of hydrogen-bond acceptors (Lipinski definition) is 4. The number of carbonyl (C=O) groups excluding carboxylic acids is 2. The fraction of sp³-hybridized carbons (Fsp3) is 0.115. The van der Waals surface area contributed by atoms with Crippen LogP contribution in [0.1, 0.15) is 21.6 Å². The number of ether oxygens (including phenoxy) is 1. The van der Waals surface area contributed by atoms with Gasteiger partial charge >= 0.3 is 0 Å². The number of fused-ring (bicyclic) bond motifs is 1. The summed E-state index contributed by atoms with van der Waals surface area (Å²) < 4.78 is 7.13. The minimum atomic E-state index is -0.407. The summed E-state index contributed by atoms with van der Waals surface area (Å²) in [4.78, 5) is 30.2. The first-order valence-corrected chi connectivity index (χ1v) is 10.4. The second-order valence-corrected chi connectivity index (χ2v) is 7.46. The number of carbonyl (C=O) groups is 2. The monoisotopic (exact) mass is 440 g/mol. The molecular weight excluding hydrogens is 416 g/mol. The van der Waals surface area contributed by atoms with Gasteiger partial charge in [0.15, 0.2) is 0 Å². The maximum atomic E-state index is 13.1. The molecule has 7 nitrogen and oxygen atoms in total. The number of pyridine rings is 1. The third-order valence-electron chi connectivity index (χ3n) is 5.23. The Morgan fingerprint density at radius 2 is 1.79 bits per heavy atom. The number of nitrogens with zero attached hydrogens (tertiary/aromatic N) is 2. The first-order valence-electron chi connectivity index (χ1n) is 10.4. The molecule has 7 heteroatoms. The van der Waals surface area contributed by atoms with Gasteiger partial charge in [0.05, 0.1) is 19.3 Å². The average molecular weight is 441 g/mol. The Balaban J connectivity index is 1.63. The quantitative estimate of drug-likeness (QED) is 0.430. The van der Waals surface area contributed by atoms with Gasteiger partial charge in [-0.2, -0.15) is 0 Å². The highest BCUT2D eigenvalue weighted by Crippen LogP contribution is 2.22. The van der Waals surface area contributed by atoms with E-state index < -0.39 is 11.8 Å². The summed E-state index contributed by atoms with van der Waals surface area (Å²) in [6.07, 6.45) is 5.29. The molecule has 33 heavy (non-hydrogen) atoms. The fourth-order valence-electron chi connectivity index (χ4n) is 3.51. The summed E-state index contributed by atoms with van der Waals surface area (Å²) >= 11 is 0. The van der Waals surface area contributed by atoms with Crippen LogP contribution in [0.25, 0.3) is 17.0 Å². The van der Waals surface area contributed by atoms with Crippen molar-refractivity contribution in [3.8, 4) is 5.75 Å². The molecule has 0 aliphatic heterocycles. The Bertz CT molecular complexity index is 1310. The van der Waals surface area contributed by atoms with E-state index in [1.807, 2.05) is 60.3 Å². The van der Waals surface area contributed by atoms with Crippen LogP contribution in [-0.4, -0.2) is 28.5 Å². The third kappa shape index (κ3) is 5.10. The number of rotatable bonds is 7. The van der Waals surface area contributed by atoms with Crippen LogP contribution in [-0.2, 0) is 18.4 Å². The van der Waals surface area contributed by atoms with Gasteiger partial charge < -0.3 is 19.9 Å². The smallest absolute Gasteiger partial charge is 0.268 e. The van der Waals surface area contributed by atoms with Crippen LogP contribution in [0.4, 0.5) is 0 Å². The average Bonchev–Trinajstić information content (AvgIpc) is 3.18. The predicted molar refractivity (Wildman–Crippen MR) is 127 cm³/mol. The molecule has 2 heterocycles. The summed E-state index contributed by atoms with van der Waals surface area (Å²) in [6, 6.07) is 20.1. The number of aromatic nitrogens is 2. The van der Waals surface area contributed by atoms with E-state index in [0.717, 1.165) is 22.2 Å². The molecule has 2 aromatic carbocycles. The highest BCUT2D eigenvalue weighted by Gasteiger charge is 2.16. The van der Waals surface area contributed by atoms with Crippen LogP contribution in [0.15, 0.2) is 84.8 Å². The van der Waals surface area contributed by atoms with Gasteiger partial charge in [-0.15, -0.1) is 0 Å². The number of aryl methyl sites for hydroxylation is 1. The van der Waals surface area contributed by atoms with E-state index in [1.54, 1.807) is 43.6 Å². The Kier molecular flexibility index (Phi) is 6.50. The standard InChI is InChI=1S/C26H24N4O3/c1-30-17-19(22-8-3-4-9-24(22)30)15-23(26(32)28-16-20-7-5-6-14-27-20)29-25(31)18-10-12-21(33-2)13-11-18/h3-15,17H,16H2,1-2H3,(H,28,32)(H,29,31). The van der Waals surface area contributed by atoms with E-state index in [4.69, 9.17) is 4.74 Å². The van der Waals surface area contributed by atoms with Gasteiger partial charge in [0, 0.05) is 41.5 Å². The fourth-order valence-corrected chi connectivity index (χ4v) is 3.51. The topological polar surface area (TPSA) is 85.2 Å². The molecule has 4 aromatic rings. The summed E-state index contributed by atoms with van der Waals surface area (Å²) in [5, 5.41) is 6.59. The van der Waals surface area contributed by atoms with Crippen molar-refractivity contribution in [3.05, 3.63) is 102 Å². The first-order chi connectivity index (χ1) is 16.0. The molecule has 0 bridgehead atoms. The van der Waals surface area contributed by atoms with Crippen molar-refractivity contribution in [3.63, 3.8) is 0 Å². The minimum Gasteiger partial charge on any atom is -0.497 e. The van der Waals surface area contributed by atoms with Gasteiger partial charge in [-0.05, 0) is 48.5 Å². The van der Waals surface area contributed by atoms with E-state index >= 15 is 0 Å². The number of methoxy groups -OCH3 is 1. The number of hydrogen-bond donors (Lipinski definition) is 2. The molecule has 2 amide bonds. The molecule has 0 spiro atoms. The SMILES string of the molecule is COc1ccc(C(=O)NC(=Cc2cn(C)c3ccccc23)C(=O)NCc2ccccn2)cc1. The molecule has 0 atom stereocenters. The van der Waals surface area contributed by atoms with Gasteiger partial charge in [-0.25, -0.2) is 0 Å². The maximum absolute atomic E-state index is 13.1. The third-order valence-corrected chi connectivity index (χ3v) is 5.23. The summed E-state index contributed by atoms with van der Waals surface area (Å²) in [6.45, 7) is 0.241. The predicted octanol–water partition coefficient (Wildman–Crippen LogP) is 3.67. The Labute approximate surface area is 191 Å². The Morgan fingerprint density at radius 1 is 1.03 bits per heavy atom. The molecule has 0 aliphatic carbocycles. The van der Waals surface area contributed by atoms with Crippen molar-refractivity contribution in [2.24, 2.45) is 7.05 Å². The lowest BCUT2D eigenvalue weighted by Crippen LogP contribution is -2.34. The van der Waals surface area contributed by atoms with Crippen LogP contribution in [0.5, 0.6) is 5.75 Å². The second-order valence-electron chi connectivity index (χ2n) is 7.46. The van der Waals surface area contributed by atoms with Crippen molar-refractivity contribution in [2.75, 3.05) is 7.11 Å². The molecule has 2 aromatic heterocycles. The zero-order valence-electron chi connectivity index (χ0n) is 18.4. The first kappa shape index (κ1) is 21.8. The van der Waals surface area contributed by atoms with Gasteiger partial charge in [-0.3, -0.25) is 14.6 Å². The number of amides is 2. The van der Waals surface area contributed by atoms with Gasteiger partial charge in [0.25, 0.3) is 11.8 Å². The largest absolute Gasteiger partial charge is 0.497 e. The van der Waals surface area contributed by atoms with Crippen LogP contribution < -0.4 is 15.4 Å². The molecule has 0 radical (unpaired) electrons. The minimum absolute atomic E-state index is 0.142. The van der Waals surface area contributed by atoms with Crippen molar-refractivity contribution >= 4 is 28.8 Å². The van der Waals surface area contributed by atoms with Crippen molar-refractivity contribution in [2.45, 2.75) is 6.54 Å². The zero-order chi connectivity index (χ0) is 23.2. The van der Waals surface area contributed by atoms with E-state index in [0.29, 0.717) is 11.3 Å². The molecule has 0 saturated carbocycles. The number of nitrogens with one attached hydrogen (secondary N) is 2. The molecule has 4 rings (SSSR count). The maximum Gasteiger partial charge on any atom is 0.268 e. The van der Waals surface area contributed by atoms with E-state index in [1.165, 1.54) is 0 Å². The van der Waals surface area contributed by atoms with Crippen molar-refractivity contribution in [1.82, 2.24) is 20.2 Å². The van der Waals surface area contributed by atoms with Gasteiger partial charge in [0.2, 0.25) is 0 Å². The van der Waals surface area contributed by atoms with Crippen molar-refractivity contribution in [1.29, 1.82) is 0 Å². The normalized spacial score (nSPS) is 11.3. The molecule has 0 aliphatic rings. The van der Waals surface area contributed by atoms with Crippen molar-refractivity contribution < 1.29 is 14.3 Å². The highest BCUT2D eigenvalue weighted by molar-refractivity contribution is 6.06. The second kappa shape index (κ2) is 9.82. The molecular formula is C26H24N4O3. The Morgan fingerprint density at radius 3 is 2.52 bits per heavy atom. The van der Waals surface area contributed by atoms with E-state index in [-0.39, 0.29) is 12.2 Å². The number of para-hydroxylation sites is 1. The molecule has 0 fully saturated rings. The van der Waals surface area contributed by atoms with E-state index in [9.17, 15) is 9.59 Å². The zero-order valence-corrected chi connectivity index (χ0v) is 18.4. The molecule has 0 unspecified atom stereocenters. The molecule has 0 saturated heterocycles. The van der Waals surface area contributed by atoms with Crippen LogP contribution >= 0.6 is 0 Å². The summed E-state index contributed by atoms with van der Waals surface area (Å²) in [7, 11) is 3.50. The van der Waals surface area contributed by atoms with Crippen LogP contribution in [0.3, 0.4) is 0 Å². The lowest BCUT2D eigenvalue weighted by atomic mass is 10.1. The Hall–Kier alpha value is -4.39. The highest BCUT2D eigenvalue weighted by atomic mass is 16.5. The molecule has 2 N–H and O–H groups in total. The van der Waals surface area contributed by atoms with Crippen LogP contribution in [0, 0.1) is 0 Å². The molecule has 166 valence electrons. The lowest BCUT2D eigenvalue weighted by molar-refractivity contribution is -0.117. The lowest BCUT2D eigenvalue weighted by Gasteiger charge is -2.11. The summed E-state index contributed by atoms with van der Waals surface area (Å²) in [5.74, 6) is -0.154. The van der Waals surface area contributed by atoms with E-state index in [2.05, 4.69) is 15.6 Å². The summed E-state index contributed by atoms with van der Waals surface area (Å²) in [5.41, 5.74) is 3.13. The van der Waals surface area contributed by atoms with Gasteiger partial charge in [0.1, 0.15) is 11.4 Å². The number of benzene rings is 2. The van der Waals surface area contributed by atoms with Gasteiger partial charge in [-0.1, -0.05) is 24.3 Å².